The molecule has 0 spiro atoms. The number of nitrogens with one attached hydrogen (secondary N) is 1. The lowest BCUT2D eigenvalue weighted by atomic mass is 10.0. The van der Waals surface area contributed by atoms with Gasteiger partial charge in [0, 0.05) is 56.1 Å². The maximum atomic E-state index is 9.87. The molecule has 0 bridgehead atoms. The van der Waals surface area contributed by atoms with Crippen molar-refractivity contribution in [2.24, 2.45) is 21.6 Å². The Kier molecular flexibility index (Phi) is 9.99. The van der Waals surface area contributed by atoms with Crippen molar-refractivity contribution in [1.29, 1.82) is 0 Å². The number of hydrogen-bond donors (Lipinski definition) is 4. The molecule has 0 radical (unpaired) electrons. The largest absolute Gasteiger partial charge is 0.508 e. The number of likely N-dealkylation sites (tertiary alicyclic amines) is 1. The summed E-state index contributed by atoms with van der Waals surface area (Å²) in [6.45, 7) is 10.7. The molecule has 4 rings (SSSR count). The first-order valence-electron chi connectivity index (χ1n) is 12.7. The Balaban J connectivity index is 0.00000134. The van der Waals surface area contributed by atoms with E-state index in [1.807, 2.05) is 36.9 Å². The standard InChI is InChI=1S/C28H35N7O.CH2O2/c1-6-18(3)23(13-30-4)21-11-26-27(31-12-19-15-34(5)16-19)24(14-32-35(26)17-21)28(29)33-25-9-8-22(36)10-20(25)7-2;2-1-3/h6,8-11,13-14,17,19,31,36H,1,7,12,15-16H2,2-5H3,(H2,29,33);1H,(H,2,3)/b23-18+,30-13?;. The van der Waals surface area contributed by atoms with E-state index >= 15 is 0 Å². The number of carbonyl (C=O) groups is 1. The minimum Gasteiger partial charge on any atom is -0.508 e. The van der Waals surface area contributed by atoms with Crippen molar-refractivity contribution < 1.29 is 15.0 Å². The number of nitrogens with two attached hydrogens (primary N) is 1. The van der Waals surface area contributed by atoms with Crippen molar-refractivity contribution in [2.75, 3.05) is 39.0 Å². The highest BCUT2D eigenvalue weighted by molar-refractivity contribution is 6.12. The average molecular weight is 532 g/mol. The molecular formula is C29H37N7O3. The van der Waals surface area contributed by atoms with E-state index in [1.165, 1.54) is 0 Å². The van der Waals surface area contributed by atoms with Gasteiger partial charge in [0.15, 0.2) is 0 Å². The molecule has 3 aromatic rings. The highest BCUT2D eigenvalue weighted by Crippen LogP contribution is 2.30. The Morgan fingerprint density at radius 1 is 1.33 bits per heavy atom. The number of phenolic OH excluding ortho intramolecular Hbond substituents is 1. The number of aromatic hydroxyl groups is 1. The van der Waals surface area contributed by atoms with Gasteiger partial charge in [-0.25, -0.2) is 9.51 Å². The quantitative estimate of drug-likeness (QED) is 0.142. The van der Waals surface area contributed by atoms with Crippen LogP contribution in [0, 0.1) is 5.92 Å². The number of nitrogens with zero attached hydrogens (tertiary/aromatic N) is 5. The molecule has 1 aliphatic heterocycles. The van der Waals surface area contributed by atoms with Gasteiger partial charge in [0.25, 0.3) is 6.47 Å². The zero-order valence-corrected chi connectivity index (χ0v) is 22.9. The molecular weight excluding hydrogens is 494 g/mol. The smallest absolute Gasteiger partial charge is 0.290 e. The summed E-state index contributed by atoms with van der Waals surface area (Å²) in [6.07, 6.45) is 8.16. The lowest BCUT2D eigenvalue weighted by Gasteiger charge is -2.36. The summed E-state index contributed by atoms with van der Waals surface area (Å²) in [7, 11) is 3.89. The molecule has 39 heavy (non-hydrogen) atoms. The number of benzene rings is 1. The predicted octanol–water partition coefficient (Wildman–Crippen LogP) is 3.97. The minimum absolute atomic E-state index is 0.218. The molecule has 5 N–H and O–H groups in total. The molecule has 10 nitrogen and oxygen atoms in total. The molecule has 206 valence electrons. The second-order valence-electron chi connectivity index (χ2n) is 9.42. The number of aromatic nitrogens is 2. The van der Waals surface area contributed by atoms with Gasteiger partial charge in [-0.05, 0) is 55.8 Å². The van der Waals surface area contributed by atoms with Crippen LogP contribution in [0.2, 0.25) is 0 Å². The molecule has 2 aromatic heterocycles. The summed E-state index contributed by atoms with van der Waals surface area (Å²) in [4.78, 5) is 19.6. The zero-order valence-electron chi connectivity index (χ0n) is 22.9. The van der Waals surface area contributed by atoms with Crippen molar-refractivity contribution in [3.63, 3.8) is 0 Å². The molecule has 1 fully saturated rings. The number of anilines is 1. The van der Waals surface area contributed by atoms with E-state index in [0.717, 1.165) is 70.8 Å². The second kappa shape index (κ2) is 13.4. The van der Waals surface area contributed by atoms with Crippen LogP contribution in [0.15, 0.2) is 64.9 Å². The lowest BCUT2D eigenvalue weighted by Crippen LogP contribution is -2.46. The molecule has 0 atom stereocenters. The Hall–Kier alpha value is -4.44. The monoisotopic (exact) mass is 531 g/mol. The summed E-state index contributed by atoms with van der Waals surface area (Å²) >= 11 is 0. The van der Waals surface area contributed by atoms with Gasteiger partial charge in [-0.2, -0.15) is 5.10 Å². The first kappa shape index (κ1) is 29.1. The van der Waals surface area contributed by atoms with E-state index in [2.05, 4.69) is 40.0 Å². The Labute approximate surface area is 228 Å². The van der Waals surface area contributed by atoms with Crippen molar-refractivity contribution in [3.8, 4) is 5.75 Å². The van der Waals surface area contributed by atoms with Crippen molar-refractivity contribution in [3.05, 3.63) is 71.6 Å². The van der Waals surface area contributed by atoms with Gasteiger partial charge in [0.2, 0.25) is 0 Å². The van der Waals surface area contributed by atoms with Crippen LogP contribution in [0.4, 0.5) is 11.4 Å². The van der Waals surface area contributed by atoms with Crippen LogP contribution in [0.5, 0.6) is 5.75 Å². The van der Waals surface area contributed by atoms with Gasteiger partial charge < -0.3 is 26.2 Å². The molecule has 1 saturated heterocycles. The topological polar surface area (TPSA) is 141 Å². The maximum Gasteiger partial charge on any atom is 0.290 e. The van der Waals surface area contributed by atoms with Gasteiger partial charge in [0.05, 0.1) is 28.7 Å². The Morgan fingerprint density at radius 3 is 2.67 bits per heavy atom. The SMILES string of the molecule is C=C/C(C)=C(\C=NC)c1cc2c(NCC3CN(C)C3)c(C(N)=Nc3ccc(O)cc3CC)cnn2c1.O=CO. The predicted molar refractivity (Wildman–Crippen MR) is 158 cm³/mol. The maximum absolute atomic E-state index is 9.87. The number of allylic oxidation sites excluding steroid dienone is 3. The molecule has 0 aliphatic carbocycles. The summed E-state index contributed by atoms with van der Waals surface area (Å²) in [6, 6.07) is 7.24. The van der Waals surface area contributed by atoms with Crippen LogP contribution in [-0.2, 0) is 11.2 Å². The van der Waals surface area contributed by atoms with Crippen molar-refractivity contribution >= 4 is 41.0 Å². The highest BCUT2D eigenvalue weighted by atomic mass is 16.3. The number of phenols is 1. The normalized spacial score (nSPS) is 14.9. The van der Waals surface area contributed by atoms with Crippen LogP contribution in [0.1, 0.15) is 30.5 Å². The third kappa shape index (κ3) is 6.91. The van der Waals surface area contributed by atoms with Gasteiger partial charge in [0.1, 0.15) is 11.6 Å². The number of hydrogen-bond acceptors (Lipinski definition) is 7. The summed E-state index contributed by atoms with van der Waals surface area (Å²) in [5.74, 6) is 1.16. The summed E-state index contributed by atoms with van der Waals surface area (Å²) < 4.78 is 1.86. The Bertz CT molecular complexity index is 1420. The number of amidine groups is 1. The van der Waals surface area contributed by atoms with E-state index in [4.69, 9.17) is 20.6 Å². The first-order valence-corrected chi connectivity index (χ1v) is 12.7. The number of aliphatic imine (C=N–C) groups is 2. The third-order valence-corrected chi connectivity index (χ3v) is 6.61. The fraction of sp³-hybridized carbons (Fsp3) is 0.310. The number of rotatable bonds is 9. The van der Waals surface area contributed by atoms with Crippen molar-refractivity contribution in [2.45, 2.75) is 20.3 Å². The molecule has 1 aliphatic rings. The van der Waals surface area contributed by atoms with Crippen LogP contribution in [-0.4, -0.2) is 77.0 Å². The molecule has 10 heteroatoms. The van der Waals surface area contributed by atoms with E-state index < -0.39 is 0 Å². The lowest BCUT2D eigenvalue weighted by molar-refractivity contribution is -0.122. The van der Waals surface area contributed by atoms with Crippen LogP contribution in [0.3, 0.4) is 0 Å². The van der Waals surface area contributed by atoms with Gasteiger partial charge >= 0.3 is 0 Å². The highest BCUT2D eigenvalue weighted by Gasteiger charge is 2.24. The van der Waals surface area contributed by atoms with E-state index in [0.29, 0.717) is 11.8 Å². The fourth-order valence-electron chi connectivity index (χ4n) is 4.58. The third-order valence-electron chi connectivity index (χ3n) is 6.61. The number of fused-ring (bicyclic) bond motifs is 1. The fourth-order valence-corrected chi connectivity index (χ4v) is 4.58. The molecule has 1 aromatic carbocycles. The average Bonchev–Trinajstić information content (AvgIpc) is 3.34. The van der Waals surface area contributed by atoms with Gasteiger partial charge in [-0.1, -0.05) is 19.6 Å². The van der Waals surface area contributed by atoms with Crippen LogP contribution < -0.4 is 11.1 Å². The van der Waals surface area contributed by atoms with Gasteiger partial charge in [-0.3, -0.25) is 9.79 Å². The molecule has 0 unspecified atom stereocenters. The zero-order chi connectivity index (χ0) is 28.5. The van der Waals surface area contributed by atoms with Gasteiger partial charge in [-0.15, -0.1) is 0 Å². The molecule has 0 saturated carbocycles. The molecule has 0 amide bonds. The number of aryl methyl sites for hydroxylation is 1. The first-order chi connectivity index (χ1) is 18.8. The summed E-state index contributed by atoms with van der Waals surface area (Å²) in [5, 5.41) is 25.1. The van der Waals surface area contributed by atoms with Crippen LogP contribution in [0.25, 0.3) is 11.1 Å². The van der Waals surface area contributed by atoms with E-state index in [-0.39, 0.29) is 12.2 Å². The molecule has 3 heterocycles. The minimum atomic E-state index is -0.250. The van der Waals surface area contributed by atoms with E-state index in [9.17, 15) is 5.11 Å². The number of carboxylic acid groups (broad SMARTS) is 1. The van der Waals surface area contributed by atoms with Crippen molar-refractivity contribution in [1.82, 2.24) is 14.5 Å². The summed E-state index contributed by atoms with van der Waals surface area (Å²) in [5.41, 5.74) is 13.8. The van der Waals surface area contributed by atoms with Crippen LogP contribution >= 0.6 is 0 Å². The van der Waals surface area contributed by atoms with E-state index in [1.54, 1.807) is 31.4 Å². The Morgan fingerprint density at radius 2 is 2.05 bits per heavy atom. The second-order valence-corrected chi connectivity index (χ2v) is 9.42.